The maximum atomic E-state index is 10.7. The number of carboxylic acid groups (broad SMARTS) is 1. The molecule has 6 heteroatoms. The van der Waals surface area contributed by atoms with Crippen molar-refractivity contribution in [2.24, 2.45) is 0 Å². The molecule has 0 bridgehead atoms. The van der Waals surface area contributed by atoms with E-state index in [0.717, 1.165) is 34.9 Å². The van der Waals surface area contributed by atoms with Gasteiger partial charge in [0.15, 0.2) is 5.16 Å². The maximum Gasteiger partial charge on any atom is 0.313 e. The minimum atomic E-state index is -0.841. The lowest BCUT2D eigenvalue weighted by atomic mass is 10.3. The van der Waals surface area contributed by atoms with E-state index < -0.39 is 5.97 Å². The smallest absolute Gasteiger partial charge is 0.313 e. The number of carbonyl (C=O) groups is 1. The molecule has 0 amide bonds. The Morgan fingerprint density at radius 1 is 1.45 bits per heavy atom. The molecule has 0 saturated carbocycles. The molecule has 0 unspecified atom stereocenters. The van der Waals surface area contributed by atoms with Crippen LogP contribution >= 0.6 is 11.8 Å². The number of rotatable bonds is 7. The van der Waals surface area contributed by atoms with Gasteiger partial charge < -0.3 is 14.4 Å². The van der Waals surface area contributed by atoms with E-state index in [1.807, 2.05) is 29.7 Å². The van der Waals surface area contributed by atoms with Crippen molar-refractivity contribution in [3.8, 4) is 5.75 Å². The van der Waals surface area contributed by atoms with Crippen molar-refractivity contribution in [2.75, 3.05) is 12.4 Å². The number of aryl methyl sites for hydroxylation is 1. The highest BCUT2D eigenvalue weighted by Gasteiger charge is 2.14. The zero-order chi connectivity index (χ0) is 14.5. The molecule has 2 rings (SSSR count). The summed E-state index contributed by atoms with van der Waals surface area (Å²) in [6.07, 6.45) is 0.936. The van der Waals surface area contributed by atoms with Gasteiger partial charge in [0.1, 0.15) is 11.3 Å². The van der Waals surface area contributed by atoms with Gasteiger partial charge in [0.2, 0.25) is 0 Å². The second-order valence-electron chi connectivity index (χ2n) is 4.29. The third kappa shape index (κ3) is 3.07. The zero-order valence-corrected chi connectivity index (χ0v) is 12.4. The van der Waals surface area contributed by atoms with Crippen LogP contribution in [0.25, 0.3) is 11.0 Å². The van der Waals surface area contributed by atoms with Crippen LogP contribution in [-0.2, 0) is 11.3 Å². The number of nitrogens with zero attached hydrogens (tertiary/aromatic N) is 2. The highest BCUT2D eigenvalue weighted by Crippen LogP contribution is 2.30. The lowest BCUT2D eigenvalue weighted by molar-refractivity contribution is -0.133. The SMILES string of the molecule is CCCOc1cccc2c1nc(SCC(=O)O)n2CC. The fraction of sp³-hybridized carbons (Fsp3) is 0.429. The van der Waals surface area contributed by atoms with Crippen LogP contribution in [0, 0.1) is 0 Å². The van der Waals surface area contributed by atoms with Gasteiger partial charge in [0.05, 0.1) is 17.9 Å². The second-order valence-corrected chi connectivity index (χ2v) is 5.24. The molecule has 0 aliphatic rings. The molecule has 2 aromatic rings. The van der Waals surface area contributed by atoms with Crippen LogP contribution in [0.2, 0.25) is 0 Å². The fourth-order valence-electron chi connectivity index (χ4n) is 1.97. The predicted molar refractivity (Wildman–Crippen MR) is 79.6 cm³/mol. The predicted octanol–water partition coefficient (Wildman–Crippen LogP) is 3.02. The fourth-order valence-corrected chi connectivity index (χ4v) is 2.76. The normalized spacial score (nSPS) is 10.9. The summed E-state index contributed by atoms with van der Waals surface area (Å²) in [4.78, 5) is 15.3. The van der Waals surface area contributed by atoms with E-state index >= 15 is 0 Å². The summed E-state index contributed by atoms with van der Waals surface area (Å²) in [5.41, 5.74) is 1.78. The minimum Gasteiger partial charge on any atom is -0.491 e. The number of aliphatic carboxylic acids is 1. The first-order valence-electron chi connectivity index (χ1n) is 6.64. The molecular weight excluding hydrogens is 276 g/mol. The first-order valence-corrected chi connectivity index (χ1v) is 7.62. The molecule has 0 aliphatic heterocycles. The van der Waals surface area contributed by atoms with E-state index in [2.05, 4.69) is 11.9 Å². The van der Waals surface area contributed by atoms with Gasteiger partial charge in [-0.2, -0.15) is 0 Å². The topological polar surface area (TPSA) is 64.3 Å². The van der Waals surface area contributed by atoms with E-state index in [9.17, 15) is 4.79 Å². The summed E-state index contributed by atoms with van der Waals surface area (Å²) in [6, 6.07) is 5.82. The monoisotopic (exact) mass is 294 g/mol. The Bertz CT molecular complexity index is 610. The number of carboxylic acids is 1. The lowest BCUT2D eigenvalue weighted by Gasteiger charge is -2.06. The van der Waals surface area contributed by atoms with E-state index in [0.29, 0.717) is 6.61 Å². The Balaban J connectivity index is 2.40. The van der Waals surface area contributed by atoms with Crippen LogP contribution in [0.3, 0.4) is 0 Å². The molecule has 0 saturated heterocycles. The molecular formula is C14H18N2O3S. The third-order valence-corrected chi connectivity index (χ3v) is 3.77. The Kier molecular flexibility index (Phi) is 4.89. The summed E-state index contributed by atoms with van der Waals surface area (Å²) in [7, 11) is 0. The van der Waals surface area contributed by atoms with Crippen LogP contribution in [0.5, 0.6) is 5.75 Å². The van der Waals surface area contributed by atoms with Gasteiger partial charge in [-0.15, -0.1) is 0 Å². The largest absolute Gasteiger partial charge is 0.491 e. The van der Waals surface area contributed by atoms with Gasteiger partial charge in [-0.1, -0.05) is 24.8 Å². The van der Waals surface area contributed by atoms with E-state index in [4.69, 9.17) is 9.84 Å². The highest BCUT2D eigenvalue weighted by molar-refractivity contribution is 7.99. The summed E-state index contributed by atoms with van der Waals surface area (Å²) in [5.74, 6) is -0.0741. The lowest BCUT2D eigenvalue weighted by Crippen LogP contribution is -2.01. The zero-order valence-electron chi connectivity index (χ0n) is 11.6. The van der Waals surface area contributed by atoms with Gasteiger partial charge in [0.25, 0.3) is 0 Å². The molecule has 0 aliphatic carbocycles. The maximum absolute atomic E-state index is 10.7. The Labute approximate surface area is 121 Å². The number of benzene rings is 1. The Morgan fingerprint density at radius 3 is 2.90 bits per heavy atom. The number of hydrogen-bond acceptors (Lipinski definition) is 4. The molecule has 0 radical (unpaired) electrons. The highest BCUT2D eigenvalue weighted by atomic mass is 32.2. The molecule has 20 heavy (non-hydrogen) atoms. The minimum absolute atomic E-state index is 0.00841. The van der Waals surface area contributed by atoms with E-state index in [1.54, 1.807) is 0 Å². The van der Waals surface area contributed by atoms with E-state index in [1.165, 1.54) is 11.8 Å². The van der Waals surface area contributed by atoms with Crippen molar-refractivity contribution in [1.82, 2.24) is 9.55 Å². The van der Waals surface area contributed by atoms with Gasteiger partial charge in [-0.3, -0.25) is 4.79 Å². The molecule has 0 spiro atoms. The number of thioether (sulfide) groups is 1. The molecule has 0 atom stereocenters. The summed E-state index contributed by atoms with van der Waals surface area (Å²) in [5, 5.41) is 9.52. The van der Waals surface area contributed by atoms with Crippen LogP contribution in [0.15, 0.2) is 23.4 Å². The second kappa shape index (κ2) is 6.65. The van der Waals surface area contributed by atoms with Gasteiger partial charge in [-0.25, -0.2) is 4.98 Å². The Morgan fingerprint density at radius 2 is 2.25 bits per heavy atom. The first kappa shape index (κ1) is 14.7. The Hall–Kier alpha value is -1.69. The molecule has 1 N–H and O–H groups in total. The molecule has 1 aromatic heterocycles. The van der Waals surface area contributed by atoms with Crippen molar-refractivity contribution in [3.05, 3.63) is 18.2 Å². The summed E-state index contributed by atoms with van der Waals surface area (Å²) >= 11 is 1.23. The molecule has 108 valence electrons. The van der Waals surface area contributed by atoms with Crippen molar-refractivity contribution < 1.29 is 14.6 Å². The van der Waals surface area contributed by atoms with Crippen molar-refractivity contribution >= 4 is 28.8 Å². The van der Waals surface area contributed by atoms with Crippen LogP contribution < -0.4 is 4.74 Å². The molecule has 5 nitrogen and oxygen atoms in total. The van der Waals surface area contributed by atoms with Crippen molar-refractivity contribution in [1.29, 1.82) is 0 Å². The van der Waals surface area contributed by atoms with Crippen molar-refractivity contribution in [3.63, 3.8) is 0 Å². The molecule has 1 aromatic carbocycles. The number of para-hydroxylation sites is 1. The average Bonchev–Trinajstić information content (AvgIpc) is 2.80. The van der Waals surface area contributed by atoms with Crippen LogP contribution in [-0.4, -0.2) is 33.0 Å². The van der Waals surface area contributed by atoms with Crippen LogP contribution in [0.1, 0.15) is 20.3 Å². The standard InChI is InChI=1S/C14H18N2O3S/c1-3-8-19-11-7-5-6-10-13(11)15-14(16(10)4-2)20-9-12(17)18/h5-7H,3-4,8-9H2,1-2H3,(H,17,18). The van der Waals surface area contributed by atoms with Gasteiger partial charge in [-0.05, 0) is 25.5 Å². The van der Waals surface area contributed by atoms with Crippen molar-refractivity contribution in [2.45, 2.75) is 32.0 Å². The summed E-state index contributed by atoms with van der Waals surface area (Å²) in [6.45, 7) is 5.47. The third-order valence-electron chi connectivity index (χ3n) is 2.81. The number of imidazole rings is 1. The average molecular weight is 294 g/mol. The first-order chi connectivity index (χ1) is 9.67. The van der Waals surface area contributed by atoms with Gasteiger partial charge in [0, 0.05) is 6.54 Å². The number of aromatic nitrogens is 2. The quantitative estimate of drug-likeness (QED) is 0.795. The summed E-state index contributed by atoms with van der Waals surface area (Å²) < 4.78 is 7.72. The molecule has 0 fully saturated rings. The van der Waals surface area contributed by atoms with E-state index in [-0.39, 0.29) is 5.75 Å². The number of hydrogen-bond donors (Lipinski definition) is 1. The number of ether oxygens (including phenoxy) is 1. The van der Waals surface area contributed by atoms with Crippen LogP contribution in [0.4, 0.5) is 0 Å². The molecule has 1 heterocycles. The number of fused-ring (bicyclic) bond motifs is 1. The van der Waals surface area contributed by atoms with Gasteiger partial charge >= 0.3 is 5.97 Å².